The van der Waals surface area contributed by atoms with E-state index in [4.69, 9.17) is 9.47 Å². The van der Waals surface area contributed by atoms with Crippen molar-refractivity contribution in [3.05, 3.63) is 59.5 Å². The molecule has 9 heteroatoms. The third kappa shape index (κ3) is 5.28. The number of nitrogens with one attached hydrogen (secondary N) is 1. The summed E-state index contributed by atoms with van der Waals surface area (Å²) >= 11 is 0. The predicted octanol–water partition coefficient (Wildman–Crippen LogP) is 5.88. The Morgan fingerprint density at radius 2 is 1.86 bits per heavy atom. The van der Waals surface area contributed by atoms with Crippen LogP contribution in [0.1, 0.15) is 50.3 Å². The molecule has 1 saturated heterocycles. The molecule has 0 unspecified atom stereocenters. The van der Waals surface area contributed by atoms with Crippen LogP contribution in [0.15, 0.2) is 42.6 Å². The van der Waals surface area contributed by atoms with Gasteiger partial charge in [0.25, 0.3) is 6.43 Å². The van der Waals surface area contributed by atoms with Crippen molar-refractivity contribution in [2.24, 2.45) is 0 Å². The maximum absolute atomic E-state index is 14.7. The highest BCUT2D eigenvalue weighted by molar-refractivity contribution is 5.93. The van der Waals surface area contributed by atoms with E-state index in [9.17, 15) is 18.0 Å². The molecule has 0 spiro atoms. The molecular weight excluding hydrogens is 459 g/mol. The lowest BCUT2D eigenvalue weighted by Crippen LogP contribution is -2.40. The van der Waals surface area contributed by atoms with E-state index in [0.29, 0.717) is 35.8 Å². The van der Waals surface area contributed by atoms with E-state index in [1.54, 1.807) is 50.3 Å². The molecule has 1 fully saturated rings. The van der Waals surface area contributed by atoms with Crippen molar-refractivity contribution in [3.8, 4) is 11.5 Å². The van der Waals surface area contributed by atoms with Crippen LogP contribution in [0.2, 0.25) is 0 Å². The van der Waals surface area contributed by atoms with Gasteiger partial charge in [-0.1, -0.05) is 18.2 Å². The van der Waals surface area contributed by atoms with Crippen molar-refractivity contribution in [2.45, 2.75) is 45.3 Å². The van der Waals surface area contributed by atoms with E-state index < -0.39 is 23.8 Å². The number of carbonyl (C=O) groups excluding carboxylic acids is 1. The monoisotopic (exact) mass is 487 g/mol. The SMILES string of the molecule is COc1cc2c(N[C@H](C)c3cccc(C(F)F)c3F)ccnc2cc1OC1CCN(C(C)=O)CC1. The highest BCUT2D eigenvalue weighted by Crippen LogP contribution is 2.37. The van der Waals surface area contributed by atoms with Gasteiger partial charge in [-0.15, -0.1) is 0 Å². The zero-order chi connectivity index (χ0) is 25.1. The fourth-order valence-corrected chi connectivity index (χ4v) is 4.38. The number of pyridine rings is 1. The van der Waals surface area contributed by atoms with Crippen LogP contribution in [0.25, 0.3) is 10.9 Å². The van der Waals surface area contributed by atoms with E-state index in [1.807, 2.05) is 0 Å². The van der Waals surface area contributed by atoms with E-state index in [2.05, 4.69) is 10.3 Å². The van der Waals surface area contributed by atoms with Gasteiger partial charge in [-0.25, -0.2) is 13.2 Å². The van der Waals surface area contributed by atoms with Gasteiger partial charge < -0.3 is 19.7 Å². The number of fused-ring (bicyclic) bond motifs is 1. The highest BCUT2D eigenvalue weighted by Gasteiger charge is 2.24. The molecule has 6 nitrogen and oxygen atoms in total. The molecule has 2 aromatic carbocycles. The minimum absolute atomic E-state index is 0.0524. The number of carbonyl (C=O) groups is 1. The zero-order valence-corrected chi connectivity index (χ0v) is 19.9. The fourth-order valence-electron chi connectivity index (χ4n) is 4.38. The molecule has 1 amide bonds. The molecule has 186 valence electrons. The number of ether oxygens (including phenoxy) is 2. The summed E-state index contributed by atoms with van der Waals surface area (Å²) in [6, 6.07) is 8.76. The molecule has 4 rings (SSSR count). The highest BCUT2D eigenvalue weighted by atomic mass is 19.3. The Kier molecular flexibility index (Phi) is 7.33. The van der Waals surface area contributed by atoms with E-state index >= 15 is 0 Å². The number of benzene rings is 2. The summed E-state index contributed by atoms with van der Waals surface area (Å²) in [6.07, 6.45) is 0.113. The van der Waals surface area contributed by atoms with Gasteiger partial charge in [-0.2, -0.15) is 0 Å². The summed E-state index contributed by atoms with van der Waals surface area (Å²) in [7, 11) is 1.55. The second-order valence-corrected chi connectivity index (χ2v) is 8.62. The summed E-state index contributed by atoms with van der Waals surface area (Å²) in [5.74, 6) is 0.215. The number of rotatable bonds is 7. The summed E-state index contributed by atoms with van der Waals surface area (Å²) in [5, 5.41) is 3.94. The number of anilines is 1. The van der Waals surface area contributed by atoms with Crippen LogP contribution >= 0.6 is 0 Å². The average molecular weight is 488 g/mol. The number of aromatic nitrogens is 1. The van der Waals surface area contributed by atoms with Crippen molar-refractivity contribution in [1.82, 2.24) is 9.88 Å². The molecule has 2 heterocycles. The van der Waals surface area contributed by atoms with Crippen molar-refractivity contribution >= 4 is 22.5 Å². The first-order valence-electron chi connectivity index (χ1n) is 11.5. The quantitative estimate of drug-likeness (QED) is 0.451. The number of amides is 1. The van der Waals surface area contributed by atoms with Crippen LogP contribution in [0.5, 0.6) is 11.5 Å². The average Bonchev–Trinajstić information content (AvgIpc) is 2.84. The van der Waals surface area contributed by atoms with E-state index in [0.717, 1.165) is 24.3 Å². The number of hydrogen-bond donors (Lipinski definition) is 1. The van der Waals surface area contributed by atoms with Crippen molar-refractivity contribution < 1.29 is 27.4 Å². The predicted molar refractivity (Wildman–Crippen MR) is 128 cm³/mol. The van der Waals surface area contributed by atoms with Crippen LogP contribution in [0, 0.1) is 5.82 Å². The summed E-state index contributed by atoms with van der Waals surface area (Å²) < 4.78 is 52.7. The van der Waals surface area contributed by atoms with Crippen LogP contribution in [-0.4, -0.2) is 42.1 Å². The molecule has 1 aliphatic heterocycles. The molecule has 0 saturated carbocycles. The smallest absolute Gasteiger partial charge is 0.266 e. The maximum atomic E-state index is 14.7. The third-order valence-electron chi connectivity index (χ3n) is 6.34. The number of likely N-dealkylation sites (tertiary alicyclic amines) is 1. The van der Waals surface area contributed by atoms with E-state index in [1.165, 1.54) is 12.1 Å². The van der Waals surface area contributed by atoms with Crippen molar-refractivity contribution in [2.75, 3.05) is 25.5 Å². The summed E-state index contributed by atoms with van der Waals surface area (Å²) in [4.78, 5) is 17.8. The van der Waals surface area contributed by atoms with Crippen LogP contribution in [-0.2, 0) is 4.79 Å². The topological polar surface area (TPSA) is 63.7 Å². The first-order valence-corrected chi connectivity index (χ1v) is 11.5. The molecular formula is C26H28F3N3O3. The minimum atomic E-state index is -2.89. The van der Waals surface area contributed by atoms with Crippen LogP contribution in [0.4, 0.5) is 18.9 Å². The van der Waals surface area contributed by atoms with Gasteiger partial charge in [-0.3, -0.25) is 9.78 Å². The number of piperidine rings is 1. The first kappa shape index (κ1) is 24.6. The molecule has 0 aliphatic carbocycles. The molecule has 3 aromatic rings. The van der Waals surface area contributed by atoms with Gasteiger partial charge in [0, 0.05) is 61.8 Å². The standard InChI is InChI=1S/C26H28F3N3O3/c1-15(18-5-4-6-19(25(18)27)26(28)29)31-21-7-10-30-22-14-24(23(34-3)13-20(21)22)35-17-8-11-32(12-9-17)16(2)33/h4-7,10,13-15,17,26H,8-9,11-12H2,1-3H3,(H,30,31)/t15-/m1/s1. The second kappa shape index (κ2) is 10.4. The number of hydrogen-bond acceptors (Lipinski definition) is 5. The number of nitrogens with zero attached hydrogens (tertiary/aromatic N) is 2. The Morgan fingerprint density at radius 1 is 1.14 bits per heavy atom. The van der Waals surface area contributed by atoms with Crippen molar-refractivity contribution in [3.63, 3.8) is 0 Å². The first-order chi connectivity index (χ1) is 16.8. The molecule has 35 heavy (non-hydrogen) atoms. The van der Waals surface area contributed by atoms with Gasteiger partial charge in [0.05, 0.1) is 24.2 Å². The van der Waals surface area contributed by atoms with Gasteiger partial charge >= 0.3 is 0 Å². The molecule has 1 N–H and O–H groups in total. The molecule has 1 aliphatic rings. The minimum Gasteiger partial charge on any atom is -0.493 e. The number of alkyl halides is 2. The Labute approximate surface area is 202 Å². The second-order valence-electron chi connectivity index (χ2n) is 8.62. The fraction of sp³-hybridized carbons (Fsp3) is 0.385. The Balaban J connectivity index is 1.58. The Hall–Kier alpha value is -3.49. The summed E-state index contributed by atoms with van der Waals surface area (Å²) in [6.45, 7) is 4.56. The lowest BCUT2D eigenvalue weighted by Gasteiger charge is -2.31. The van der Waals surface area contributed by atoms with Gasteiger partial charge in [0.15, 0.2) is 11.5 Å². The lowest BCUT2D eigenvalue weighted by molar-refractivity contribution is -0.130. The Morgan fingerprint density at radius 3 is 2.51 bits per heavy atom. The molecule has 1 atom stereocenters. The molecule has 0 radical (unpaired) electrons. The van der Waals surface area contributed by atoms with Gasteiger partial charge in [0.1, 0.15) is 11.9 Å². The third-order valence-corrected chi connectivity index (χ3v) is 6.34. The molecule has 0 bridgehead atoms. The number of methoxy groups -OCH3 is 1. The molecule has 1 aromatic heterocycles. The largest absolute Gasteiger partial charge is 0.493 e. The summed E-state index contributed by atoms with van der Waals surface area (Å²) in [5.41, 5.74) is 0.829. The Bertz CT molecular complexity index is 1210. The van der Waals surface area contributed by atoms with Crippen molar-refractivity contribution in [1.29, 1.82) is 0 Å². The maximum Gasteiger partial charge on any atom is 0.266 e. The lowest BCUT2D eigenvalue weighted by atomic mass is 10.0. The van der Waals surface area contributed by atoms with Gasteiger partial charge in [0.2, 0.25) is 5.91 Å². The van der Waals surface area contributed by atoms with Crippen LogP contribution < -0.4 is 14.8 Å². The van der Waals surface area contributed by atoms with E-state index in [-0.39, 0.29) is 17.6 Å². The van der Waals surface area contributed by atoms with Crippen LogP contribution in [0.3, 0.4) is 0 Å². The zero-order valence-electron chi connectivity index (χ0n) is 19.9. The van der Waals surface area contributed by atoms with Gasteiger partial charge in [-0.05, 0) is 19.1 Å². The number of halogens is 3. The normalized spacial score (nSPS) is 15.3.